The fraction of sp³-hybridized carbons (Fsp3) is 1.00. The summed E-state index contributed by atoms with van der Waals surface area (Å²) in [5, 5.41) is 3.78. The summed E-state index contributed by atoms with van der Waals surface area (Å²) in [6.45, 7) is 10.2. The number of nitrogens with one attached hydrogen (secondary N) is 1. The Balaban J connectivity index is 1.89. The number of piperidine rings is 1. The highest BCUT2D eigenvalue weighted by Crippen LogP contribution is 2.23. The van der Waals surface area contributed by atoms with Crippen LogP contribution in [0.1, 0.15) is 52.4 Å². The summed E-state index contributed by atoms with van der Waals surface area (Å²) in [5.41, 5.74) is 0. The molecule has 3 unspecified atom stereocenters. The maximum Gasteiger partial charge on any atom is 0.0510 e. The average molecular weight is 268 g/mol. The average Bonchev–Trinajstić information content (AvgIpc) is 2.98. The van der Waals surface area contributed by atoms with Crippen LogP contribution in [0.25, 0.3) is 0 Å². The molecule has 0 aliphatic carbocycles. The van der Waals surface area contributed by atoms with Crippen LogP contribution in [0.3, 0.4) is 0 Å². The minimum atomic E-state index is 0.634. The van der Waals surface area contributed by atoms with Gasteiger partial charge in [-0.2, -0.15) is 0 Å². The summed E-state index contributed by atoms with van der Waals surface area (Å²) in [4.78, 5) is 2.75. The molecule has 0 aromatic heterocycles. The molecule has 0 aromatic rings. The SMILES string of the molecule is CCCNC(CN1CCCCC1CC)C1CCOC1. The first-order valence-electron chi connectivity index (χ1n) is 8.40. The number of nitrogens with zero attached hydrogens (tertiary/aromatic N) is 1. The second kappa shape index (κ2) is 8.23. The molecule has 1 N–H and O–H groups in total. The van der Waals surface area contributed by atoms with Crippen molar-refractivity contribution in [3.8, 4) is 0 Å². The number of hydrogen-bond acceptors (Lipinski definition) is 3. The molecule has 2 rings (SSSR count). The van der Waals surface area contributed by atoms with Gasteiger partial charge in [-0.3, -0.25) is 4.90 Å². The van der Waals surface area contributed by atoms with E-state index in [0.717, 1.165) is 31.7 Å². The van der Waals surface area contributed by atoms with Gasteiger partial charge in [0.15, 0.2) is 0 Å². The normalized spacial score (nSPS) is 30.6. The van der Waals surface area contributed by atoms with E-state index in [2.05, 4.69) is 24.1 Å². The topological polar surface area (TPSA) is 24.5 Å². The van der Waals surface area contributed by atoms with E-state index in [1.807, 2.05) is 0 Å². The first-order valence-corrected chi connectivity index (χ1v) is 8.40. The lowest BCUT2D eigenvalue weighted by atomic mass is 9.94. The standard InChI is InChI=1S/C16H32N2O/c1-3-9-17-16(14-8-11-19-13-14)12-18-10-6-5-7-15(18)4-2/h14-17H,3-13H2,1-2H3. The maximum atomic E-state index is 5.60. The molecule has 0 saturated carbocycles. The first-order chi connectivity index (χ1) is 9.35. The van der Waals surface area contributed by atoms with Crippen LogP contribution in [0.15, 0.2) is 0 Å². The predicted octanol–water partition coefficient (Wildman–Crippen LogP) is 2.66. The van der Waals surface area contributed by atoms with Crippen LogP contribution in [0.4, 0.5) is 0 Å². The Morgan fingerprint density at radius 2 is 2.16 bits per heavy atom. The second-order valence-corrected chi connectivity index (χ2v) is 6.24. The largest absolute Gasteiger partial charge is 0.381 e. The minimum Gasteiger partial charge on any atom is -0.381 e. The van der Waals surface area contributed by atoms with Gasteiger partial charge in [-0.05, 0) is 45.2 Å². The van der Waals surface area contributed by atoms with Crippen LogP contribution in [0.5, 0.6) is 0 Å². The van der Waals surface area contributed by atoms with Gasteiger partial charge in [-0.15, -0.1) is 0 Å². The first kappa shape index (κ1) is 15.3. The van der Waals surface area contributed by atoms with Crippen LogP contribution in [-0.2, 0) is 4.74 Å². The lowest BCUT2D eigenvalue weighted by Crippen LogP contribution is -2.50. The van der Waals surface area contributed by atoms with E-state index in [1.54, 1.807) is 0 Å². The Labute approximate surface area is 119 Å². The number of rotatable bonds is 7. The summed E-state index contributed by atoms with van der Waals surface area (Å²) in [6.07, 6.45) is 7.99. The molecule has 2 saturated heterocycles. The van der Waals surface area contributed by atoms with Crippen molar-refractivity contribution in [3.05, 3.63) is 0 Å². The zero-order valence-electron chi connectivity index (χ0n) is 12.9. The molecule has 2 heterocycles. The van der Waals surface area contributed by atoms with Crippen molar-refractivity contribution in [2.45, 2.75) is 64.5 Å². The summed E-state index contributed by atoms with van der Waals surface area (Å²) >= 11 is 0. The molecule has 0 aromatic carbocycles. The second-order valence-electron chi connectivity index (χ2n) is 6.24. The smallest absolute Gasteiger partial charge is 0.0510 e. The fourth-order valence-corrected chi connectivity index (χ4v) is 3.60. The van der Waals surface area contributed by atoms with Crippen molar-refractivity contribution >= 4 is 0 Å². The van der Waals surface area contributed by atoms with Crippen molar-refractivity contribution in [1.29, 1.82) is 0 Å². The maximum absolute atomic E-state index is 5.60. The van der Waals surface area contributed by atoms with Gasteiger partial charge < -0.3 is 10.1 Å². The molecule has 3 nitrogen and oxygen atoms in total. The van der Waals surface area contributed by atoms with Gasteiger partial charge in [-0.1, -0.05) is 20.3 Å². The molecule has 2 aliphatic heterocycles. The Morgan fingerprint density at radius 1 is 1.26 bits per heavy atom. The van der Waals surface area contributed by atoms with E-state index in [-0.39, 0.29) is 0 Å². The van der Waals surface area contributed by atoms with E-state index in [4.69, 9.17) is 4.74 Å². The van der Waals surface area contributed by atoms with E-state index in [0.29, 0.717) is 6.04 Å². The highest BCUT2D eigenvalue weighted by Gasteiger charge is 2.29. The van der Waals surface area contributed by atoms with E-state index >= 15 is 0 Å². The predicted molar refractivity (Wildman–Crippen MR) is 80.5 cm³/mol. The quantitative estimate of drug-likeness (QED) is 0.768. The Bertz CT molecular complexity index is 241. The molecule has 19 heavy (non-hydrogen) atoms. The Morgan fingerprint density at radius 3 is 2.84 bits per heavy atom. The number of ether oxygens (including phenoxy) is 1. The van der Waals surface area contributed by atoms with Crippen molar-refractivity contribution in [2.75, 3.05) is 32.8 Å². The molecule has 0 bridgehead atoms. The van der Waals surface area contributed by atoms with Gasteiger partial charge in [-0.25, -0.2) is 0 Å². The fourth-order valence-electron chi connectivity index (χ4n) is 3.60. The third-order valence-corrected chi connectivity index (χ3v) is 4.84. The zero-order valence-corrected chi connectivity index (χ0v) is 12.9. The Hall–Kier alpha value is -0.120. The molecule has 3 atom stereocenters. The van der Waals surface area contributed by atoms with Crippen molar-refractivity contribution in [3.63, 3.8) is 0 Å². The summed E-state index contributed by atoms with van der Waals surface area (Å²) in [5.74, 6) is 0.728. The third kappa shape index (κ3) is 4.44. The van der Waals surface area contributed by atoms with Crippen LogP contribution in [0, 0.1) is 5.92 Å². The molecule has 0 amide bonds. The van der Waals surface area contributed by atoms with E-state index < -0.39 is 0 Å². The molecule has 0 radical (unpaired) electrons. The van der Waals surface area contributed by atoms with Gasteiger partial charge >= 0.3 is 0 Å². The molecular formula is C16H32N2O. The van der Waals surface area contributed by atoms with Gasteiger partial charge in [0, 0.05) is 31.2 Å². The van der Waals surface area contributed by atoms with Gasteiger partial charge in [0.1, 0.15) is 0 Å². The van der Waals surface area contributed by atoms with Crippen LogP contribution >= 0.6 is 0 Å². The van der Waals surface area contributed by atoms with Crippen LogP contribution in [-0.4, -0.2) is 49.8 Å². The summed E-state index contributed by atoms with van der Waals surface area (Å²) in [7, 11) is 0. The lowest BCUT2D eigenvalue weighted by Gasteiger charge is -2.39. The number of likely N-dealkylation sites (tertiary alicyclic amines) is 1. The molecule has 2 fully saturated rings. The third-order valence-electron chi connectivity index (χ3n) is 4.84. The molecule has 112 valence electrons. The van der Waals surface area contributed by atoms with Gasteiger partial charge in [0.2, 0.25) is 0 Å². The molecule has 0 spiro atoms. The van der Waals surface area contributed by atoms with Crippen LogP contribution in [0.2, 0.25) is 0 Å². The summed E-state index contributed by atoms with van der Waals surface area (Å²) in [6, 6.07) is 1.46. The van der Waals surface area contributed by atoms with Crippen LogP contribution < -0.4 is 5.32 Å². The minimum absolute atomic E-state index is 0.634. The van der Waals surface area contributed by atoms with Crippen molar-refractivity contribution < 1.29 is 4.74 Å². The van der Waals surface area contributed by atoms with E-state index in [1.165, 1.54) is 51.6 Å². The zero-order chi connectivity index (χ0) is 13.5. The highest BCUT2D eigenvalue weighted by molar-refractivity contribution is 4.86. The number of hydrogen-bond donors (Lipinski definition) is 1. The monoisotopic (exact) mass is 268 g/mol. The van der Waals surface area contributed by atoms with Crippen molar-refractivity contribution in [1.82, 2.24) is 10.2 Å². The van der Waals surface area contributed by atoms with Gasteiger partial charge in [0.25, 0.3) is 0 Å². The lowest BCUT2D eigenvalue weighted by molar-refractivity contribution is 0.109. The van der Waals surface area contributed by atoms with Crippen molar-refractivity contribution in [2.24, 2.45) is 5.92 Å². The van der Waals surface area contributed by atoms with E-state index in [9.17, 15) is 0 Å². The van der Waals surface area contributed by atoms with Gasteiger partial charge in [0.05, 0.1) is 6.61 Å². The highest BCUT2D eigenvalue weighted by atomic mass is 16.5. The molecule has 2 aliphatic rings. The Kier molecular flexibility index (Phi) is 6.62. The molecule has 3 heteroatoms. The summed E-state index contributed by atoms with van der Waals surface area (Å²) < 4.78 is 5.60. The molecular weight excluding hydrogens is 236 g/mol.